The molecule has 0 saturated heterocycles. The van der Waals surface area contributed by atoms with Gasteiger partial charge in [-0.15, -0.1) is 0 Å². The van der Waals surface area contributed by atoms with E-state index in [9.17, 15) is 0 Å². The van der Waals surface area contributed by atoms with E-state index in [1.165, 1.54) is 11.3 Å². The lowest BCUT2D eigenvalue weighted by Gasteiger charge is -2.05. The van der Waals surface area contributed by atoms with Crippen molar-refractivity contribution in [2.75, 3.05) is 26.2 Å². The maximum Gasteiger partial charge on any atom is 0.0628 e. The summed E-state index contributed by atoms with van der Waals surface area (Å²) in [5, 5.41) is 11.1. The summed E-state index contributed by atoms with van der Waals surface area (Å²) in [5.74, 6) is 0. The van der Waals surface area contributed by atoms with Gasteiger partial charge in [0.25, 0.3) is 0 Å². The zero-order valence-corrected chi connectivity index (χ0v) is 10.9. The van der Waals surface area contributed by atoms with Crippen LogP contribution in [-0.4, -0.2) is 36.0 Å². The van der Waals surface area contributed by atoms with Crippen molar-refractivity contribution in [2.45, 2.75) is 27.2 Å². The number of rotatable bonds is 7. The smallest absolute Gasteiger partial charge is 0.0628 e. The summed E-state index contributed by atoms with van der Waals surface area (Å²) in [6, 6.07) is 0. The molecule has 0 radical (unpaired) electrons. The second kappa shape index (κ2) is 6.66. The van der Waals surface area contributed by atoms with Crippen molar-refractivity contribution >= 4 is 0 Å². The largest absolute Gasteiger partial charge is 0.316 e. The standard InChI is InChI=1S/C12H24N4/c1-5-13-8-9-14-7-6-12-10(2)15-16(4)11(12)3/h13-14H,5-9H2,1-4H3. The van der Waals surface area contributed by atoms with E-state index < -0.39 is 0 Å². The fraction of sp³-hybridized carbons (Fsp3) is 0.750. The predicted molar refractivity (Wildman–Crippen MR) is 67.8 cm³/mol. The van der Waals surface area contributed by atoms with E-state index >= 15 is 0 Å². The van der Waals surface area contributed by atoms with Crippen LogP contribution in [0.4, 0.5) is 0 Å². The molecule has 0 aliphatic rings. The highest BCUT2D eigenvalue weighted by atomic mass is 15.3. The molecule has 4 nitrogen and oxygen atoms in total. The topological polar surface area (TPSA) is 41.9 Å². The Kier molecular flexibility index (Phi) is 5.49. The Hall–Kier alpha value is -0.870. The minimum absolute atomic E-state index is 1.03. The van der Waals surface area contributed by atoms with Gasteiger partial charge in [-0.3, -0.25) is 4.68 Å². The van der Waals surface area contributed by atoms with E-state index in [4.69, 9.17) is 0 Å². The van der Waals surface area contributed by atoms with Crippen LogP contribution >= 0.6 is 0 Å². The molecule has 92 valence electrons. The monoisotopic (exact) mass is 224 g/mol. The van der Waals surface area contributed by atoms with Crippen molar-refractivity contribution in [3.63, 3.8) is 0 Å². The number of nitrogens with one attached hydrogen (secondary N) is 2. The van der Waals surface area contributed by atoms with Gasteiger partial charge in [0.1, 0.15) is 0 Å². The summed E-state index contributed by atoms with van der Waals surface area (Å²) in [4.78, 5) is 0. The molecule has 16 heavy (non-hydrogen) atoms. The van der Waals surface area contributed by atoms with Gasteiger partial charge in [-0.1, -0.05) is 6.92 Å². The average Bonchev–Trinajstić information content (AvgIpc) is 2.49. The highest BCUT2D eigenvalue weighted by molar-refractivity contribution is 5.24. The number of hydrogen-bond donors (Lipinski definition) is 2. The molecule has 1 aromatic heterocycles. The average molecular weight is 224 g/mol. The van der Waals surface area contributed by atoms with Crippen molar-refractivity contribution in [2.24, 2.45) is 7.05 Å². The molecule has 2 N–H and O–H groups in total. The highest BCUT2D eigenvalue weighted by Crippen LogP contribution is 2.11. The number of nitrogens with zero attached hydrogens (tertiary/aromatic N) is 2. The zero-order chi connectivity index (χ0) is 12.0. The van der Waals surface area contributed by atoms with E-state index in [0.29, 0.717) is 0 Å². The quantitative estimate of drug-likeness (QED) is 0.673. The first kappa shape index (κ1) is 13.2. The molecule has 0 aliphatic carbocycles. The molecule has 0 unspecified atom stereocenters. The summed E-state index contributed by atoms with van der Waals surface area (Å²) < 4.78 is 1.96. The van der Waals surface area contributed by atoms with Gasteiger partial charge in [-0.2, -0.15) is 5.10 Å². The minimum Gasteiger partial charge on any atom is -0.316 e. The maximum atomic E-state index is 4.42. The third-order valence-corrected chi connectivity index (χ3v) is 2.94. The fourth-order valence-corrected chi connectivity index (χ4v) is 1.87. The van der Waals surface area contributed by atoms with Crippen LogP contribution in [0.5, 0.6) is 0 Å². The molecule has 0 aromatic carbocycles. The Morgan fingerprint density at radius 3 is 2.38 bits per heavy atom. The molecular weight excluding hydrogens is 200 g/mol. The van der Waals surface area contributed by atoms with Gasteiger partial charge in [0.2, 0.25) is 0 Å². The van der Waals surface area contributed by atoms with Gasteiger partial charge in [0, 0.05) is 25.8 Å². The molecule has 0 aliphatic heterocycles. The van der Waals surface area contributed by atoms with Crippen LogP contribution in [0.1, 0.15) is 23.9 Å². The van der Waals surface area contributed by atoms with Crippen LogP contribution in [0, 0.1) is 13.8 Å². The molecule has 1 heterocycles. The molecule has 0 saturated carbocycles. The Morgan fingerprint density at radius 1 is 1.12 bits per heavy atom. The summed E-state index contributed by atoms with van der Waals surface area (Å²) in [6.45, 7) is 10.5. The lowest BCUT2D eigenvalue weighted by Crippen LogP contribution is -2.28. The fourth-order valence-electron chi connectivity index (χ4n) is 1.87. The van der Waals surface area contributed by atoms with Crippen LogP contribution in [0.25, 0.3) is 0 Å². The second-order valence-corrected chi connectivity index (χ2v) is 4.13. The SMILES string of the molecule is CCNCCNCCc1c(C)nn(C)c1C. The van der Waals surface area contributed by atoms with E-state index in [0.717, 1.165) is 38.3 Å². The molecule has 0 spiro atoms. The molecular formula is C12H24N4. The lowest BCUT2D eigenvalue weighted by atomic mass is 10.1. The van der Waals surface area contributed by atoms with Gasteiger partial charge in [-0.05, 0) is 38.9 Å². The first-order chi connectivity index (χ1) is 7.66. The van der Waals surface area contributed by atoms with Gasteiger partial charge in [0.05, 0.1) is 5.69 Å². The zero-order valence-electron chi connectivity index (χ0n) is 10.9. The molecule has 0 amide bonds. The summed E-state index contributed by atoms with van der Waals surface area (Å²) in [6.07, 6.45) is 1.07. The molecule has 4 heteroatoms. The summed E-state index contributed by atoms with van der Waals surface area (Å²) >= 11 is 0. The highest BCUT2D eigenvalue weighted by Gasteiger charge is 2.07. The Balaban J connectivity index is 2.26. The van der Waals surface area contributed by atoms with Gasteiger partial charge in [-0.25, -0.2) is 0 Å². The normalized spacial score (nSPS) is 11.0. The number of hydrogen-bond acceptors (Lipinski definition) is 3. The first-order valence-electron chi connectivity index (χ1n) is 6.07. The summed E-state index contributed by atoms with van der Waals surface area (Å²) in [7, 11) is 2.00. The van der Waals surface area contributed by atoms with Crippen molar-refractivity contribution in [1.82, 2.24) is 20.4 Å². The van der Waals surface area contributed by atoms with Crippen LogP contribution in [0.3, 0.4) is 0 Å². The predicted octanol–water partition coefficient (Wildman–Crippen LogP) is 0.779. The summed E-state index contributed by atoms with van der Waals surface area (Å²) in [5.41, 5.74) is 3.83. The van der Waals surface area contributed by atoms with Crippen LogP contribution in [-0.2, 0) is 13.5 Å². The minimum atomic E-state index is 1.03. The number of aryl methyl sites for hydroxylation is 2. The third-order valence-electron chi connectivity index (χ3n) is 2.94. The Bertz CT molecular complexity index is 317. The molecule has 1 aromatic rings. The van der Waals surface area contributed by atoms with Crippen LogP contribution in [0.2, 0.25) is 0 Å². The second-order valence-electron chi connectivity index (χ2n) is 4.13. The lowest BCUT2D eigenvalue weighted by molar-refractivity contribution is 0.623. The van der Waals surface area contributed by atoms with E-state index in [2.05, 4.69) is 36.5 Å². The molecule has 0 atom stereocenters. The van der Waals surface area contributed by atoms with E-state index in [1.807, 2.05) is 11.7 Å². The van der Waals surface area contributed by atoms with E-state index in [1.54, 1.807) is 0 Å². The Labute approximate surface area is 98.4 Å². The van der Waals surface area contributed by atoms with Crippen LogP contribution < -0.4 is 10.6 Å². The van der Waals surface area contributed by atoms with Gasteiger partial charge < -0.3 is 10.6 Å². The maximum absolute atomic E-state index is 4.42. The molecule has 0 fully saturated rings. The van der Waals surface area contributed by atoms with Crippen LogP contribution in [0.15, 0.2) is 0 Å². The first-order valence-corrected chi connectivity index (χ1v) is 6.07. The van der Waals surface area contributed by atoms with Crippen molar-refractivity contribution in [3.05, 3.63) is 17.0 Å². The van der Waals surface area contributed by atoms with Gasteiger partial charge >= 0.3 is 0 Å². The molecule has 0 bridgehead atoms. The van der Waals surface area contributed by atoms with Gasteiger partial charge in [0.15, 0.2) is 0 Å². The molecule has 1 rings (SSSR count). The van der Waals surface area contributed by atoms with Crippen molar-refractivity contribution in [1.29, 1.82) is 0 Å². The number of aromatic nitrogens is 2. The Morgan fingerprint density at radius 2 is 1.81 bits per heavy atom. The van der Waals surface area contributed by atoms with Crippen molar-refractivity contribution < 1.29 is 0 Å². The number of likely N-dealkylation sites (N-methyl/N-ethyl adjacent to an activating group) is 1. The van der Waals surface area contributed by atoms with E-state index in [-0.39, 0.29) is 0 Å². The van der Waals surface area contributed by atoms with Crippen molar-refractivity contribution in [3.8, 4) is 0 Å². The third kappa shape index (κ3) is 3.61.